The molecule has 1 heterocycles. The first-order valence-corrected chi connectivity index (χ1v) is 12.4. The number of halogens is 1. The third-order valence-electron chi connectivity index (χ3n) is 7.09. The summed E-state index contributed by atoms with van der Waals surface area (Å²) in [5, 5.41) is 3.37. The predicted molar refractivity (Wildman–Crippen MR) is 136 cm³/mol. The van der Waals surface area contributed by atoms with Crippen molar-refractivity contribution in [3.8, 4) is 11.1 Å². The molecule has 7 heteroatoms. The summed E-state index contributed by atoms with van der Waals surface area (Å²) in [7, 11) is 0. The molecule has 1 fully saturated rings. The van der Waals surface area contributed by atoms with Gasteiger partial charge in [-0.15, -0.1) is 0 Å². The zero-order valence-electron chi connectivity index (χ0n) is 20.1. The molecule has 2 aliphatic rings. The maximum absolute atomic E-state index is 13.2. The van der Waals surface area contributed by atoms with E-state index in [2.05, 4.69) is 22.3 Å². The number of aryl methyl sites for hydroxylation is 1. The minimum atomic E-state index is -0.676. The van der Waals surface area contributed by atoms with Gasteiger partial charge in [-0.25, -0.2) is 9.18 Å². The average Bonchev–Trinajstić information content (AvgIpc) is 2.89. The Kier molecular flexibility index (Phi) is 7.11. The van der Waals surface area contributed by atoms with Gasteiger partial charge in [0.05, 0.1) is 11.5 Å². The zero-order chi connectivity index (χ0) is 25.1. The largest absolute Gasteiger partial charge is 0.458 e. The first-order valence-electron chi connectivity index (χ1n) is 12.4. The highest BCUT2D eigenvalue weighted by atomic mass is 19.1. The predicted octanol–water partition coefficient (Wildman–Crippen LogP) is 3.64. The van der Waals surface area contributed by atoms with Gasteiger partial charge in [0.25, 0.3) is 0 Å². The SMILES string of the molecule is NC(=O)C1c2ccc(CN3CCNCC3)cc2CCC1OC(=O)c1ccc(-c2ccc(F)cc2)cc1. The van der Waals surface area contributed by atoms with E-state index in [0.29, 0.717) is 12.0 Å². The van der Waals surface area contributed by atoms with Crippen LogP contribution in [0.2, 0.25) is 0 Å². The monoisotopic (exact) mass is 487 g/mol. The van der Waals surface area contributed by atoms with Gasteiger partial charge in [0.15, 0.2) is 0 Å². The van der Waals surface area contributed by atoms with Crippen molar-refractivity contribution in [2.45, 2.75) is 31.4 Å². The van der Waals surface area contributed by atoms with Crippen LogP contribution >= 0.6 is 0 Å². The highest BCUT2D eigenvalue weighted by molar-refractivity contribution is 5.91. The van der Waals surface area contributed by atoms with Gasteiger partial charge < -0.3 is 15.8 Å². The van der Waals surface area contributed by atoms with E-state index < -0.39 is 23.9 Å². The number of ether oxygens (including phenoxy) is 1. The number of nitrogens with two attached hydrogens (primary N) is 1. The quantitative estimate of drug-likeness (QED) is 0.519. The smallest absolute Gasteiger partial charge is 0.338 e. The Morgan fingerprint density at radius 1 is 0.972 bits per heavy atom. The number of piperazine rings is 1. The highest BCUT2D eigenvalue weighted by Crippen LogP contribution is 2.35. The Labute approximate surface area is 210 Å². The number of nitrogens with one attached hydrogen (secondary N) is 1. The number of esters is 1. The molecular weight excluding hydrogens is 457 g/mol. The van der Waals surface area contributed by atoms with Gasteiger partial charge in [-0.05, 0) is 64.9 Å². The lowest BCUT2D eigenvalue weighted by Crippen LogP contribution is -2.43. The van der Waals surface area contributed by atoms with Crippen LogP contribution in [0.5, 0.6) is 0 Å². The average molecular weight is 488 g/mol. The van der Waals surface area contributed by atoms with Gasteiger partial charge in [-0.2, -0.15) is 0 Å². The van der Waals surface area contributed by atoms with E-state index in [1.165, 1.54) is 17.7 Å². The number of carbonyl (C=O) groups is 2. The van der Waals surface area contributed by atoms with Crippen LogP contribution in [0.15, 0.2) is 66.7 Å². The molecule has 6 nitrogen and oxygen atoms in total. The third kappa shape index (κ3) is 5.32. The third-order valence-corrected chi connectivity index (χ3v) is 7.09. The van der Waals surface area contributed by atoms with Crippen molar-refractivity contribution in [3.63, 3.8) is 0 Å². The maximum atomic E-state index is 13.2. The van der Waals surface area contributed by atoms with Crippen LogP contribution < -0.4 is 11.1 Å². The number of carbonyl (C=O) groups excluding carboxylic acids is 2. The highest BCUT2D eigenvalue weighted by Gasteiger charge is 2.36. The molecule has 0 aromatic heterocycles. The first-order chi connectivity index (χ1) is 17.5. The number of hydrogen-bond donors (Lipinski definition) is 2. The molecule has 1 saturated heterocycles. The summed E-state index contributed by atoms with van der Waals surface area (Å²) < 4.78 is 19.0. The van der Waals surface area contributed by atoms with Crippen molar-refractivity contribution in [3.05, 3.63) is 94.8 Å². The number of hydrogen-bond acceptors (Lipinski definition) is 5. The van der Waals surface area contributed by atoms with E-state index in [1.807, 2.05) is 6.07 Å². The van der Waals surface area contributed by atoms with Crippen LogP contribution in [-0.4, -0.2) is 49.1 Å². The van der Waals surface area contributed by atoms with Crippen LogP contribution in [0.1, 0.15) is 39.4 Å². The standard InChI is InChI=1S/C29H30FN3O3/c30-24-9-6-21(7-10-24)20-2-4-22(5-3-20)29(35)36-26-12-8-23-17-19(18-33-15-13-32-14-16-33)1-11-25(23)27(26)28(31)34/h1-7,9-11,17,26-27,32H,8,12-16,18H2,(H2,31,34). The number of primary amides is 1. The van der Waals surface area contributed by atoms with E-state index in [0.717, 1.165) is 61.4 Å². The fourth-order valence-electron chi connectivity index (χ4n) is 5.18. The minimum Gasteiger partial charge on any atom is -0.458 e. The molecule has 5 rings (SSSR count). The normalized spacial score (nSPS) is 19.9. The van der Waals surface area contributed by atoms with Crippen molar-refractivity contribution in [1.29, 1.82) is 0 Å². The van der Waals surface area contributed by atoms with Gasteiger partial charge in [-0.3, -0.25) is 9.69 Å². The van der Waals surface area contributed by atoms with Crippen LogP contribution in [0.4, 0.5) is 4.39 Å². The summed E-state index contributed by atoms with van der Waals surface area (Å²) in [6.45, 7) is 4.91. The molecule has 1 aliphatic carbocycles. The Morgan fingerprint density at radius 2 is 1.64 bits per heavy atom. The molecule has 0 bridgehead atoms. The number of rotatable bonds is 6. The molecule has 36 heavy (non-hydrogen) atoms. The van der Waals surface area contributed by atoms with Crippen molar-refractivity contribution in [1.82, 2.24) is 10.2 Å². The maximum Gasteiger partial charge on any atom is 0.338 e. The second-order valence-corrected chi connectivity index (χ2v) is 9.51. The number of fused-ring (bicyclic) bond motifs is 1. The lowest BCUT2D eigenvalue weighted by Gasteiger charge is -2.32. The Bertz CT molecular complexity index is 1240. The minimum absolute atomic E-state index is 0.298. The molecule has 1 amide bonds. The van der Waals surface area contributed by atoms with E-state index in [4.69, 9.17) is 10.5 Å². The van der Waals surface area contributed by atoms with Crippen LogP contribution in [-0.2, 0) is 22.5 Å². The lowest BCUT2D eigenvalue weighted by atomic mass is 9.79. The number of benzene rings is 3. The van der Waals surface area contributed by atoms with Crippen molar-refractivity contribution in [2.75, 3.05) is 26.2 Å². The Balaban J connectivity index is 1.28. The summed E-state index contributed by atoms with van der Waals surface area (Å²) >= 11 is 0. The van der Waals surface area contributed by atoms with Gasteiger partial charge in [-0.1, -0.05) is 42.5 Å². The fourth-order valence-corrected chi connectivity index (χ4v) is 5.18. The molecule has 2 atom stereocenters. The molecule has 3 aromatic carbocycles. The molecule has 0 radical (unpaired) electrons. The summed E-state index contributed by atoms with van der Waals surface area (Å²) in [4.78, 5) is 27.8. The van der Waals surface area contributed by atoms with Crippen LogP contribution in [0.3, 0.4) is 0 Å². The summed E-state index contributed by atoms with van der Waals surface area (Å²) in [5.74, 6) is -1.96. The fraction of sp³-hybridized carbons (Fsp3) is 0.310. The van der Waals surface area contributed by atoms with E-state index >= 15 is 0 Å². The second-order valence-electron chi connectivity index (χ2n) is 9.51. The van der Waals surface area contributed by atoms with E-state index in [-0.39, 0.29) is 5.82 Å². The molecule has 1 aliphatic heterocycles. The zero-order valence-corrected chi connectivity index (χ0v) is 20.1. The van der Waals surface area contributed by atoms with Gasteiger partial charge in [0.2, 0.25) is 5.91 Å². The Hall–Kier alpha value is -3.55. The van der Waals surface area contributed by atoms with Gasteiger partial charge in [0, 0.05) is 32.7 Å². The van der Waals surface area contributed by atoms with Gasteiger partial charge >= 0.3 is 5.97 Å². The second kappa shape index (κ2) is 10.6. The van der Waals surface area contributed by atoms with E-state index in [9.17, 15) is 14.0 Å². The molecule has 3 N–H and O–H groups in total. The number of amides is 1. The van der Waals surface area contributed by atoms with Gasteiger partial charge in [0.1, 0.15) is 11.9 Å². The van der Waals surface area contributed by atoms with Crippen molar-refractivity contribution < 1.29 is 18.7 Å². The number of nitrogens with zero attached hydrogens (tertiary/aromatic N) is 1. The first kappa shape index (κ1) is 24.2. The molecule has 3 aromatic rings. The van der Waals surface area contributed by atoms with Crippen LogP contribution in [0.25, 0.3) is 11.1 Å². The molecule has 0 saturated carbocycles. The molecule has 2 unspecified atom stereocenters. The molecule has 0 spiro atoms. The molecular formula is C29H30FN3O3. The summed E-state index contributed by atoms with van der Waals surface area (Å²) in [6.07, 6.45) is 0.644. The Morgan fingerprint density at radius 3 is 2.31 bits per heavy atom. The summed E-state index contributed by atoms with van der Waals surface area (Å²) in [6, 6.07) is 19.3. The van der Waals surface area contributed by atoms with Crippen LogP contribution in [0, 0.1) is 5.82 Å². The molecule has 186 valence electrons. The topological polar surface area (TPSA) is 84.7 Å². The van der Waals surface area contributed by atoms with Crippen molar-refractivity contribution >= 4 is 11.9 Å². The van der Waals surface area contributed by atoms with E-state index in [1.54, 1.807) is 36.4 Å². The van der Waals surface area contributed by atoms with Crippen molar-refractivity contribution in [2.24, 2.45) is 5.73 Å². The lowest BCUT2D eigenvalue weighted by molar-refractivity contribution is -0.122. The summed E-state index contributed by atoms with van der Waals surface area (Å²) in [5.41, 5.74) is 11.1.